The Morgan fingerprint density at radius 3 is 2.21 bits per heavy atom. The predicted molar refractivity (Wildman–Crippen MR) is 125 cm³/mol. The molecule has 7 heteroatoms. The van der Waals surface area contributed by atoms with Gasteiger partial charge in [-0.15, -0.1) is 12.3 Å². The number of rotatable bonds is 9. The molecule has 0 fully saturated rings. The van der Waals surface area contributed by atoms with E-state index in [4.69, 9.17) is 11.2 Å². The van der Waals surface area contributed by atoms with Crippen LogP contribution in [0.15, 0.2) is 48.5 Å². The maximum Gasteiger partial charge on any atom is 0.407 e. The van der Waals surface area contributed by atoms with Crippen molar-refractivity contribution in [3.05, 3.63) is 59.7 Å². The third-order valence-electron chi connectivity index (χ3n) is 5.97. The van der Waals surface area contributed by atoms with Crippen LogP contribution in [0, 0.1) is 12.3 Å². The number of alkyl carbamates (subject to hydrolysis) is 1. The Labute approximate surface area is 193 Å². The summed E-state index contributed by atoms with van der Waals surface area (Å²) in [5.74, 6) is 0.582. The van der Waals surface area contributed by atoms with Crippen molar-refractivity contribution in [1.82, 2.24) is 10.2 Å². The average Bonchev–Trinajstić information content (AvgIpc) is 3.13. The van der Waals surface area contributed by atoms with Crippen molar-refractivity contribution in [3.63, 3.8) is 0 Å². The fourth-order valence-corrected chi connectivity index (χ4v) is 4.12. The van der Waals surface area contributed by atoms with Crippen LogP contribution in [0.4, 0.5) is 4.79 Å². The summed E-state index contributed by atoms with van der Waals surface area (Å²) in [5.41, 5.74) is 4.38. The number of nitrogens with zero attached hydrogens (tertiary/aromatic N) is 1. The van der Waals surface area contributed by atoms with E-state index in [0.717, 1.165) is 22.3 Å². The van der Waals surface area contributed by atoms with Gasteiger partial charge >= 0.3 is 12.1 Å². The van der Waals surface area contributed by atoms with Crippen molar-refractivity contribution in [3.8, 4) is 23.5 Å². The van der Waals surface area contributed by atoms with E-state index >= 15 is 0 Å². The number of carbonyl (C=O) groups is 3. The molecule has 2 atom stereocenters. The molecule has 0 saturated heterocycles. The summed E-state index contributed by atoms with van der Waals surface area (Å²) in [7, 11) is 0. The molecule has 1 aliphatic rings. The van der Waals surface area contributed by atoms with E-state index in [1.54, 1.807) is 6.92 Å². The maximum atomic E-state index is 13.0. The Kier molecular flexibility index (Phi) is 7.73. The van der Waals surface area contributed by atoms with Crippen LogP contribution in [0.3, 0.4) is 0 Å². The zero-order valence-corrected chi connectivity index (χ0v) is 18.8. The lowest BCUT2D eigenvalue weighted by Crippen LogP contribution is -2.52. The molecule has 0 radical (unpaired) electrons. The average molecular weight is 449 g/mol. The van der Waals surface area contributed by atoms with E-state index in [-0.39, 0.29) is 25.0 Å². The fraction of sp³-hybridized carbons (Fsp3) is 0.346. The minimum absolute atomic E-state index is 0.0738. The van der Waals surface area contributed by atoms with Gasteiger partial charge in [0.2, 0.25) is 5.91 Å². The molecule has 2 N–H and O–H groups in total. The third kappa shape index (κ3) is 5.35. The molecule has 0 saturated carbocycles. The number of terminal acetylenes is 1. The highest BCUT2D eigenvalue weighted by Crippen LogP contribution is 2.44. The third-order valence-corrected chi connectivity index (χ3v) is 5.97. The minimum atomic E-state index is -1.13. The molecule has 0 aromatic heterocycles. The molecule has 0 aliphatic heterocycles. The zero-order valence-electron chi connectivity index (χ0n) is 18.8. The molecule has 2 amide bonds. The van der Waals surface area contributed by atoms with E-state index in [0.29, 0.717) is 6.42 Å². The number of benzene rings is 2. The first-order chi connectivity index (χ1) is 15.9. The smallest absolute Gasteiger partial charge is 0.407 e. The van der Waals surface area contributed by atoms with Gasteiger partial charge in [0.05, 0.1) is 0 Å². The number of fused-ring (bicyclic) bond motifs is 3. The van der Waals surface area contributed by atoms with Gasteiger partial charge in [0.25, 0.3) is 0 Å². The number of aliphatic carboxylic acids is 1. The largest absolute Gasteiger partial charge is 0.480 e. The highest BCUT2D eigenvalue weighted by atomic mass is 16.5. The molecular formula is C26H28N2O5. The minimum Gasteiger partial charge on any atom is -0.480 e. The van der Waals surface area contributed by atoms with E-state index < -0.39 is 30.6 Å². The number of carbonyl (C=O) groups excluding carboxylic acids is 2. The summed E-state index contributed by atoms with van der Waals surface area (Å²) < 4.78 is 5.51. The molecule has 0 spiro atoms. The van der Waals surface area contributed by atoms with Crippen LogP contribution in [-0.2, 0) is 14.3 Å². The predicted octanol–water partition coefficient (Wildman–Crippen LogP) is 3.63. The van der Waals surface area contributed by atoms with Crippen LogP contribution in [0.5, 0.6) is 0 Å². The second-order valence-electron chi connectivity index (χ2n) is 8.05. The molecule has 0 heterocycles. The highest BCUT2D eigenvalue weighted by molar-refractivity contribution is 5.88. The summed E-state index contributed by atoms with van der Waals surface area (Å²) in [6.45, 7) is 3.23. The summed E-state index contributed by atoms with van der Waals surface area (Å²) in [6, 6.07) is 14.6. The lowest BCUT2D eigenvalue weighted by atomic mass is 9.98. The van der Waals surface area contributed by atoms with Crippen molar-refractivity contribution in [2.24, 2.45) is 0 Å². The summed E-state index contributed by atoms with van der Waals surface area (Å²) in [6.07, 6.45) is 5.12. The van der Waals surface area contributed by atoms with E-state index in [9.17, 15) is 19.5 Å². The molecule has 0 bridgehead atoms. The van der Waals surface area contributed by atoms with Crippen molar-refractivity contribution in [1.29, 1.82) is 0 Å². The normalized spacial score (nSPS) is 13.7. The Bertz CT molecular complexity index is 1030. The van der Waals surface area contributed by atoms with Crippen molar-refractivity contribution < 1.29 is 24.2 Å². The second-order valence-corrected chi connectivity index (χ2v) is 8.05. The number of hydrogen-bond acceptors (Lipinski definition) is 4. The van der Waals surface area contributed by atoms with Crippen molar-refractivity contribution >= 4 is 18.0 Å². The monoisotopic (exact) mass is 448 g/mol. The van der Waals surface area contributed by atoms with Gasteiger partial charge in [-0.05, 0) is 35.6 Å². The first-order valence-electron chi connectivity index (χ1n) is 10.9. The zero-order chi connectivity index (χ0) is 24.0. The lowest BCUT2D eigenvalue weighted by molar-refractivity contribution is -0.146. The number of carboxylic acids is 1. The molecule has 1 aliphatic carbocycles. The maximum absolute atomic E-state index is 13.0. The molecule has 7 nitrogen and oxygen atoms in total. The number of carboxylic acid groups (broad SMARTS) is 1. The lowest BCUT2D eigenvalue weighted by Gasteiger charge is -2.30. The number of amides is 2. The van der Waals surface area contributed by atoms with Gasteiger partial charge < -0.3 is 20.1 Å². The Morgan fingerprint density at radius 2 is 1.70 bits per heavy atom. The molecule has 2 unspecified atom stereocenters. The van der Waals surface area contributed by atoms with Gasteiger partial charge in [0, 0.05) is 18.4 Å². The van der Waals surface area contributed by atoms with E-state index in [1.807, 2.05) is 55.5 Å². The molecule has 3 rings (SSSR count). The Morgan fingerprint density at radius 1 is 1.12 bits per heavy atom. The van der Waals surface area contributed by atoms with Crippen LogP contribution < -0.4 is 5.32 Å². The van der Waals surface area contributed by atoms with Gasteiger partial charge in [0.15, 0.2) is 0 Å². The molecule has 2 aromatic carbocycles. The first-order valence-corrected chi connectivity index (χ1v) is 10.9. The van der Waals surface area contributed by atoms with Gasteiger partial charge in [-0.3, -0.25) is 9.59 Å². The molecular weight excluding hydrogens is 420 g/mol. The van der Waals surface area contributed by atoms with Crippen molar-refractivity contribution in [2.75, 3.05) is 13.2 Å². The Balaban J connectivity index is 1.70. The van der Waals surface area contributed by atoms with Crippen LogP contribution in [-0.4, -0.2) is 53.2 Å². The van der Waals surface area contributed by atoms with E-state index in [1.165, 1.54) is 4.90 Å². The molecule has 33 heavy (non-hydrogen) atoms. The Hall–Kier alpha value is -3.79. The topological polar surface area (TPSA) is 95.9 Å². The molecule has 172 valence electrons. The highest BCUT2D eigenvalue weighted by Gasteiger charge is 2.32. The summed E-state index contributed by atoms with van der Waals surface area (Å²) in [5, 5.41) is 11.7. The van der Waals surface area contributed by atoms with Crippen LogP contribution in [0.2, 0.25) is 0 Å². The van der Waals surface area contributed by atoms with Gasteiger partial charge in [-0.25, -0.2) is 4.79 Å². The fourth-order valence-electron chi connectivity index (χ4n) is 4.12. The second kappa shape index (κ2) is 10.7. The van der Waals surface area contributed by atoms with Crippen LogP contribution in [0.1, 0.15) is 43.7 Å². The quantitative estimate of drug-likeness (QED) is 0.571. The number of nitrogens with one attached hydrogen (secondary N) is 1. The van der Waals surface area contributed by atoms with Gasteiger partial charge in [0.1, 0.15) is 19.2 Å². The van der Waals surface area contributed by atoms with Gasteiger partial charge in [-0.2, -0.15) is 0 Å². The number of hydrogen-bond donors (Lipinski definition) is 2. The van der Waals surface area contributed by atoms with Crippen LogP contribution >= 0.6 is 0 Å². The first kappa shape index (κ1) is 23.9. The SMILES string of the molecule is C#CCC(NC(=O)OCC1c2ccccc2-c2ccccc21)C(=O)N(CC(=O)O)C(C)CC. The standard InChI is InChI=1S/C26H28N2O5/c1-4-10-23(25(31)28(15-24(29)30)17(3)5-2)27-26(32)33-16-22-20-13-8-6-11-18(20)19-12-7-9-14-21(19)22/h1,6-9,11-14,17,22-23H,5,10,15-16H2,2-3H3,(H,27,32)(H,29,30). The summed E-state index contributed by atoms with van der Waals surface area (Å²) in [4.78, 5) is 38.1. The molecule has 2 aromatic rings. The van der Waals surface area contributed by atoms with Crippen LogP contribution in [0.25, 0.3) is 11.1 Å². The van der Waals surface area contributed by atoms with Gasteiger partial charge in [-0.1, -0.05) is 55.5 Å². The van der Waals surface area contributed by atoms with Crippen molar-refractivity contribution in [2.45, 2.75) is 44.7 Å². The number of ether oxygens (including phenoxy) is 1. The van der Waals surface area contributed by atoms with E-state index in [2.05, 4.69) is 11.2 Å². The summed E-state index contributed by atoms with van der Waals surface area (Å²) >= 11 is 0.